The van der Waals surface area contributed by atoms with E-state index in [1.54, 1.807) is 6.92 Å². The third-order valence-electron chi connectivity index (χ3n) is 4.59. The molecular weight excluding hydrogens is 528 g/mol. The van der Waals surface area contributed by atoms with Gasteiger partial charge in [0.15, 0.2) is 5.13 Å². The summed E-state index contributed by atoms with van der Waals surface area (Å²) in [5.74, 6) is -0.993. The van der Waals surface area contributed by atoms with Crippen molar-refractivity contribution in [2.24, 2.45) is 0 Å². The molecule has 3 aromatic heterocycles. The highest BCUT2D eigenvalue weighted by molar-refractivity contribution is 9.10. The summed E-state index contributed by atoms with van der Waals surface area (Å²) in [5.41, 5.74) is 1.80. The maximum atomic E-state index is 13.1. The summed E-state index contributed by atoms with van der Waals surface area (Å²) in [6.07, 6.45) is 2.83. The summed E-state index contributed by atoms with van der Waals surface area (Å²) >= 11 is 5.79. The van der Waals surface area contributed by atoms with Crippen LogP contribution in [0, 0.1) is 6.92 Å². The van der Waals surface area contributed by atoms with Gasteiger partial charge in [-0.2, -0.15) is 0 Å². The Morgan fingerprint density at radius 3 is 2.79 bits per heavy atom. The molecule has 1 amide bonds. The highest BCUT2D eigenvalue weighted by atomic mass is 79.9. The maximum absolute atomic E-state index is 13.1. The van der Waals surface area contributed by atoms with Crippen LogP contribution in [0.1, 0.15) is 15.4 Å². The van der Waals surface area contributed by atoms with E-state index in [-0.39, 0.29) is 23.8 Å². The van der Waals surface area contributed by atoms with Gasteiger partial charge in [0.25, 0.3) is 5.56 Å². The number of aromatic nitrogens is 3. The highest BCUT2D eigenvalue weighted by Gasteiger charge is 2.19. The van der Waals surface area contributed by atoms with E-state index in [0.717, 1.165) is 26.9 Å². The Labute approximate surface area is 204 Å². The van der Waals surface area contributed by atoms with Crippen LogP contribution in [0.25, 0.3) is 21.3 Å². The number of hydrogen-bond acceptors (Lipinski definition) is 8. The summed E-state index contributed by atoms with van der Waals surface area (Å²) in [6, 6.07) is 7.63. The number of amides is 1. The number of fused-ring (bicyclic) bond motifs is 1. The number of thiophene rings is 1. The van der Waals surface area contributed by atoms with Crippen molar-refractivity contribution in [2.45, 2.75) is 13.5 Å². The minimum Gasteiger partial charge on any atom is -0.457 e. The number of aryl methyl sites for hydroxylation is 1. The molecule has 3 heterocycles. The van der Waals surface area contributed by atoms with Crippen LogP contribution in [0.15, 0.2) is 57.9 Å². The van der Waals surface area contributed by atoms with Crippen LogP contribution in [0.2, 0.25) is 0 Å². The molecule has 0 spiro atoms. The van der Waals surface area contributed by atoms with Gasteiger partial charge in [0, 0.05) is 15.4 Å². The van der Waals surface area contributed by atoms with Crippen molar-refractivity contribution in [3.05, 3.63) is 74.0 Å². The van der Waals surface area contributed by atoms with Gasteiger partial charge in [-0.1, -0.05) is 52.1 Å². The van der Waals surface area contributed by atoms with Gasteiger partial charge in [0.05, 0.1) is 17.4 Å². The molecule has 168 valence electrons. The second-order valence-corrected chi connectivity index (χ2v) is 9.66. The number of rotatable bonds is 7. The SMILES string of the molecule is C=CCOC(=O)c1sc(NC(=O)Cn2cnc3scc(-c4ccc(Br)cc4)c3c2=O)nc1C. The second kappa shape index (κ2) is 9.77. The molecule has 0 unspecified atom stereocenters. The van der Waals surface area contributed by atoms with E-state index in [2.05, 4.69) is 37.8 Å². The number of carbonyl (C=O) groups excluding carboxylic acids is 2. The Hall–Kier alpha value is -3.15. The van der Waals surface area contributed by atoms with Crippen molar-refractivity contribution < 1.29 is 14.3 Å². The molecule has 0 aliphatic rings. The summed E-state index contributed by atoms with van der Waals surface area (Å²) in [7, 11) is 0. The van der Waals surface area contributed by atoms with Gasteiger partial charge in [0.2, 0.25) is 5.91 Å². The van der Waals surface area contributed by atoms with Gasteiger partial charge in [-0.25, -0.2) is 14.8 Å². The number of benzene rings is 1. The molecule has 0 saturated heterocycles. The van der Waals surface area contributed by atoms with E-state index in [4.69, 9.17) is 4.74 Å². The zero-order valence-corrected chi connectivity index (χ0v) is 20.6. The van der Waals surface area contributed by atoms with Crippen molar-refractivity contribution in [3.63, 3.8) is 0 Å². The number of nitrogens with one attached hydrogen (secondary N) is 1. The van der Waals surface area contributed by atoms with E-state index < -0.39 is 11.9 Å². The average Bonchev–Trinajstić information content (AvgIpc) is 3.38. The fourth-order valence-corrected chi connectivity index (χ4v) is 5.12. The van der Waals surface area contributed by atoms with E-state index in [1.165, 1.54) is 28.3 Å². The summed E-state index contributed by atoms with van der Waals surface area (Å²) in [5, 5.41) is 5.24. The number of halogens is 1. The lowest BCUT2D eigenvalue weighted by atomic mass is 10.1. The molecule has 0 saturated carbocycles. The van der Waals surface area contributed by atoms with E-state index in [0.29, 0.717) is 20.8 Å². The summed E-state index contributed by atoms with van der Waals surface area (Å²) in [6.45, 7) is 4.99. The quantitative estimate of drug-likeness (QED) is 0.268. The van der Waals surface area contributed by atoms with Crippen LogP contribution < -0.4 is 10.9 Å². The fraction of sp³-hybridized carbons (Fsp3) is 0.136. The average molecular weight is 545 g/mol. The molecule has 0 bridgehead atoms. The Kier molecular flexibility index (Phi) is 6.82. The molecule has 0 fully saturated rings. The first kappa shape index (κ1) is 23.0. The number of ether oxygens (including phenoxy) is 1. The molecule has 8 nitrogen and oxygen atoms in total. The second-order valence-electron chi connectivity index (χ2n) is 6.88. The zero-order chi connectivity index (χ0) is 23.5. The number of nitrogens with zero attached hydrogens (tertiary/aromatic N) is 3. The van der Waals surface area contributed by atoms with E-state index in [1.807, 2.05) is 29.6 Å². The Morgan fingerprint density at radius 2 is 2.06 bits per heavy atom. The molecule has 0 aliphatic heterocycles. The van der Waals surface area contributed by atoms with Crippen molar-refractivity contribution >= 4 is 65.8 Å². The van der Waals surface area contributed by atoms with Crippen LogP contribution in [0.4, 0.5) is 5.13 Å². The predicted molar refractivity (Wildman–Crippen MR) is 133 cm³/mol. The minimum absolute atomic E-state index is 0.0844. The lowest BCUT2D eigenvalue weighted by Gasteiger charge is -2.06. The number of thiazole rings is 1. The zero-order valence-electron chi connectivity index (χ0n) is 17.3. The smallest absolute Gasteiger partial charge is 0.350 e. The Bertz CT molecular complexity index is 1420. The van der Waals surface area contributed by atoms with Crippen LogP contribution in [0.5, 0.6) is 0 Å². The minimum atomic E-state index is -0.533. The summed E-state index contributed by atoms with van der Waals surface area (Å²) in [4.78, 5) is 47.2. The largest absolute Gasteiger partial charge is 0.457 e. The third kappa shape index (κ3) is 4.95. The first-order valence-corrected chi connectivity index (χ1v) is 12.1. The number of carbonyl (C=O) groups is 2. The van der Waals surface area contributed by atoms with Crippen molar-refractivity contribution in [1.29, 1.82) is 0 Å². The number of esters is 1. The number of hydrogen-bond donors (Lipinski definition) is 1. The third-order valence-corrected chi connectivity index (χ3v) is 7.06. The normalized spacial score (nSPS) is 10.8. The molecule has 0 atom stereocenters. The first-order valence-electron chi connectivity index (χ1n) is 9.65. The fourth-order valence-electron chi connectivity index (χ4n) is 3.08. The van der Waals surface area contributed by atoms with Crippen LogP contribution in [0.3, 0.4) is 0 Å². The van der Waals surface area contributed by atoms with Crippen molar-refractivity contribution in [2.75, 3.05) is 11.9 Å². The van der Waals surface area contributed by atoms with Crippen LogP contribution in [-0.4, -0.2) is 33.0 Å². The van der Waals surface area contributed by atoms with E-state index in [9.17, 15) is 14.4 Å². The Morgan fingerprint density at radius 1 is 1.30 bits per heavy atom. The lowest BCUT2D eigenvalue weighted by Crippen LogP contribution is -2.27. The summed E-state index contributed by atoms with van der Waals surface area (Å²) < 4.78 is 7.21. The highest BCUT2D eigenvalue weighted by Crippen LogP contribution is 2.31. The molecule has 33 heavy (non-hydrogen) atoms. The molecule has 1 N–H and O–H groups in total. The first-order chi connectivity index (χ1) is 15.9. The standard InChI is InChI=1S/C22H17BrN4O4S2/c1-3-8-31-21(30)18-12(2)25-22(33-18)26-16(28)9-27-11-24-19-17(20(27)29)15(10-32-19)13-4-6-14(23)7-5-13/h3-7,10-11H,1,8-9H2,2H3,(H,25,26,28). The van der Waals surface area contributed by atoms with Gasteiger partial charge in [-0.05, 0) is 24.6 Å². The maximum Gasteiger partial charge on any atom is 0.350 e. The molecule has 11 heteroatoms. The monoisotopic (exact) mass is 544 g/mol. The van der Waals surface area contributed by atoms with Gasteiger partial charge in [0.1, 0.15) is 22.9 Å². The lowest BCUT2D eigenvalue weighted by molar-refractivity contribution is -0.116. The molecule has 4 rings (SSSR count). The van der Waals surface area contributed by atoms with Crippen molar-refractivity contribution in [3.8, 4) is 11.1 Å². The van der Waals surface area contributed by atoms with Crippen LogP contribution >= 0.6 is 38.6 Å². The predicted octanol–water partition coefficient (Wildman–Crippen LogP) is 4.63. The van der Waals surface area contributed by atoms with E-state index >= 15 is 0 Å². The molecule has 0 aliphatic carbocycles. The molecule has 4 aromatic rings. The molecule has 0 radical (unpaired) electrons. The van der Waals surface area contributed by atoms with Gasteiger partial charge >= 0.3 is 5.97 Å². The Balaban J connectivity index is 1.55. The molecule has 1 aromatic carbocycles. The topological polar surface area (TPSA) is 103 Å². The van der Waals surface area contributed by atoms with Gasteiger partial charge in [-0.3, -0.25) is 14.2 Å². The molecular formula is C22H17BrN4O4S2. The number of anilines is 1. The van der Waals surface area contributed by atoms with Gasteiger partial charge in [-0.15, -0.1) is 11.3 Å². The van der Waals surface area contributed by atoms with Crippen molar-refractivity contribution in [1.82, 2.24) is 14.5 Å². The van der Waals surface area contributed by atoms with Crippen LogP contribution in [-0.2, 0) is 16.1 Å². The van der Waals surface area contributed by atoms with Gasteiger partial charge < -0.3 is 10.1 Å².